The molecular formula is C21H25N3O5S. The smallest absolute Gasteiger partial charge is 0.262 e. The Labute approximate surface area is 179 Å². The van der Waals surface area contributed by atoms with Gasteiger partial charge in [-0.05, 0) is 29.5 Å². The molecule has 0 aliphatic heterocycles. The van der Waals surface area contributed by atoms with Crippen molar-refractivity contribution < 1.29 is 23.5 Å². The summed E-state index contributed by atoms with van der Waals surface area (Å²) in [7, 11) is 4.63. The number of nitrogens with one attached hydrogen (secondary N) is 1. The zero-order valence-electron chi connectivity index (χ0n) is 17.6. The number of carbonyl (C=O) groups excluding carboxylic acids is 1. The summed E-state index contributed by atoms with van der Waals surface area (Å²) in [5, 5.41) is 9.00. The van der Waals surface area contributed by atoms with Gasteiger partial charge in [0.25, 0.3) is 5.91 Å². The number of hydrogen-bond donors (Lipinski definition) is 1. The van der Waals surface area contributed by atoms with Crippen LogP contribution in [0.5, 0.6) is 17.2 Å². The van der Waals surface area contributed by atoms with E-state index in [0.717, 1.165) is 6.42 Å². The van der Waals surface area contributed by atoms with Crippen LogP contribution < -0.4 is 19.5 Å². The van der Waals surface area contributed by atoms with Crippen molar-refractivity contribution in [2.45, 2.75) is 26.3 Å². The van der Waals surface area contributed by atoms with E-state index in [9.17, 15) is 4.79 Å². The predicted molar refractivity (Wildman–Crippen MR) is 113 cm³/mol. The zero-order chi connectivity index (χ0) is 21.7. The molecule has 1 amide bonds. The molecule has 1 aromatic carbocycles. The number of amides is 1. The first-order chi connectivity index (χ1) is 14.5. The summed E-state index contributed by atoms with van der Waals surface area (Å²) >= 11 is 1.38. The molecule has 30 heavy (non-hydrogen) atoms. The number of ether oxygens (including phenoxy) is 3. The second-order valence-corrected chi connectivity index (χ2v) is 7.63. The van der Waals surface area contributed by atoms with Crippen molar-refractivity contribution >= 4 is 17.2 Å². The maximum absolute atomic E-state index is 12.6. The predicted octanol–water partition coefficient (Wildman–Crippen LogP) is 4.34. The first kappa shape index (κ1) is 21.6. The third-order valence-corrected chi connectivity index (χ3v) is 5.74. The Morgan fingerprint density at radius 3 is 2.43 bits per heavy atom. The van der Waals surface area contributed by atoms with Gasteiger partial charge in [-0.1, -0.05) is 31.5 Å². The molecule has 1 N–H and O–H groups in total. The fourth-order valence-electron chi connectivity index (χ4n) is 2.99. The molecule has 2 heterocycles. The van der Waals surface area contributed by atoms with Gasteiger partial charge in [-0.2, -0.15) is 4.98 Å². The van der Waals surface area contributed by atoms with Crippen LogP contribution in [0.4, 0.5) is 0 Å². The van der Waals surface area contributed by atoms with Crippen LogP contribution in [0.3, 0.4) is 0 Å². The molecule has 0 fully saturated rings. The highest BCUT2D eigenvalue weighted by molar-refractivity contribution is 7.12. The summed E-state index contributed by atoms with van der Waals surface area (Å²) < 4.78 is 21.7. The van der Waals surface area contributed by atoms with Gasteiger partial charge in [0.2, 0.25) is 17.5 Å². The van der Waals surface area contributed by atoms with E-state index >= 15 is 0 Å². The lowest BCUT2D eigenvalue weighted by Gasteiger charge is -2.20. The molecule has 0 radical (unpaired) electrons. The number of carbonyl (C=O) groups is 1. The van der Waals surface area contributed by atoms with Crippen molar-refractivity contribution in [3.8, 4) is 28.6 Å². The SMILES string of the molecule is CC[C@H](C)[C@H](NC(=O)c1cccs1)c1nc(-c2cc(OC)c(OC)c(OC)c2)no1. The Hall–Kier alpha value is -3.07. The number of methoxy groups -OCH3 is 3. The fourth-order valence-corrected chi connectivity index (χ4v) is 3.62. The highest BCUT2D eigenvalue weighted by atomic mass is 32.1. The molecule has 0 unspecified atom stereocenters. The van der Waals surface area contributed by atoms with Crippen LogP contribution in [-0.4, -0.2) is 37.4 Å². The van der Waals surface area contributed by atoms with Crippen LogP contribution in [0, 0.1) is 5.92 Å². The lowest BCUT2D eigenvalue weighted by atomic mass is 9.99. The van der Waals surface area contributed by atoms with Crippen LogP contribution in [-0.2, 0) is 0 Å². The highest BCUT2D eigenvalue weighted by Gasteiger charge is 2.27. The Balaban J connectivity index is 1.93. The molecule has 0 spiro atoms. The van der Waals surface area contributed by atoms with E-state index in [0.29, 0.717) is 39.4 Å². The number of nitrogens with zero attached hydrogens (tertiary/aromatic N) is 2. The highest BCUT2D eigenvalue weighted by Crippen LogP contribution is 2.40. The van der Waals surface area contributed by atoms with Gasteiger partial charge in [0.05, 0.1) is 26.2 Å². The van der Waals surface area contributed by atoms with Crippen LogP contribution in [0.2, 0.25) is 0 Å². The summed E-state index contributed by atoms with van der Waals surface area (Å²) in [5.74, 6) is 2.10. The van der Waals surface area contributed by atoms with Crippen molar-refractivity contribution in [1.82, 2.24) is 15.5 Å². The first-order valence-corrected chi connectivity index (χ1v) is 10.4. The van der Waals surface area contributed by atoms with Gasteiger partial charge in [0.1, 0.15) is 6.04 Å². The average molecular weight is 432 g/mol. The van der Waals surface area contributed by atoms with E-state index in [4.69, 9.17) is 18.7 Å². The van der Waals surface area contributed by atoms with Crippen molar-refractivity contribution in [1.29, 1.82) is 0 Å². The number of aromatic nitrogens is 2. The van der Waals surface area contributed by atoms with Gasteiger partial charge in [-0.25, -0.2) is 0 Å². The molecule has 0 saturated carbocycles. The number of benzene rings is 1. The number of thiophene rings is 1. The van der Waals surface area contributed by atoms with Gasteiger partial charge in [0.15, 0.2) is 11.5 Å². The van der Waals surface area contributed by atoms with Crippen molar-refractivity contribution in [2.75, 3.05) is 21.3 Å². The van der Waals surface area contributed by atoms with Crippen LogP contribution in [0.1, 0.15) is 41.9 Å². The molecule has 0 aliphatic carbocycles. The minimum atomic E-state index is -0.409. The van der Waals surface area contributed by atoms with Gasteiger partial charge < -0.3 is 24.1 Å². The van der Waals surface area contributed by atoms with Gasteiger partial charge >= 0.3 is 0 Å². The van der Waals surface area contributed by atoms with E-state index in [2.05, 4.69) is 15.5 Å². The third kappa shape index (κ3) is 4.40. The Morgan fingerprint density at radius 1 is 1.20 bits per heavy atom. The third-order valence-electron chi connectivity index (χ3n) is 4.88. The van der Waals surface area contributed by atoms with E-state index in [1.54, 1.807) is 39.5 Å². The van der Waals surface area contributed by atoms with Gasteiger partial charge in [0, 0.05) is 5.56 Å². The average Bonchev–Trinajstić information content (AvgIpc) is 3.48. The van der Waals surface area contributed by atoms with Crippen LogP contribution in [0.15, 0.2) is 34.2 Å². The largest absolute Gasteiger partial charge is 0.493 e. The molecule has 0 aliphatic rings. The maximum Gasteiger partial charge on any atom is 0.262 e. The number of rotatable bonds is 9. The standard InChI is InChI=1S/C21H25N3O5S/c1-6-12(2)17(22-20(25)16-8-7-9-30-16)21-23-19(24-29-21)13-10-14(26-3)18(28-5)15(11-13)27-4/h7-12,17H,6H2,1-5H3,(H,22,25)/t12-,17-/m0/s1. The molecule has 9 heteroatoms. The molecule has 3 aromatic rings. The van der Waals surface area contributed by atoms with Gasteiger partial charge in [-0.3, -0.25) is 4.79 Å². The quantitative estimate of drug-likeness (QED) is 0.538. The zero-order valence-corrected chi connectivity index (χ0v) is 18.4. The molecule has 3 rings (SSSR count). The summed E-state index contributed by atoms with van der Waals surface area (Å²) in [6.07, 6.45) is 0.831. The molecular weight excluding hydrogens is 406 g/mol. The summed E-state index contributed by atoms with van der Waals surface area (Å²) in [5.41, 5.74) is 0.645. The molecule has 0 bridgehead atoms. The normalized spacial score (nSPS) is 12.8. The summed E-state index contributed by atoms with van der Waals surface area (Å²) in [6, 6.07) is 6.71. The van der Waals surface area contributed by atoms with Crippen molar-refractivity contribution in [3.63, 3.8) is 0 Å². The Bertz CT molecular complexity index is 961. The second kappa shape index (κ2) is 9.62. The molecule has 8 nitrogen and oxygen atoms in total. The lowest BCUT2D eigenvalue weighted by molar-refractivity contribution is 0.0914. The van der Waals surface area contributed by atoms with E-state index in [-0.39, 0.29) is 11.8 Å². The number of hydrogen-bond acceptors (Lipinski definition) is 8. The summed E-state index contributed by atoms with van der Waals surface area (Å²) in [4.78, 5) is 17.8. The first-order valence-electron chi connectivity index (χ1n) is 9.50. The second-order valence-electron chi connectivity index (χ2n) is 6.68. The van der Waals surface area contributed by atoms with Crippen LogP contribution in [0.25, 0.3) is 11.4 Å². The van der Waals surface area contributed by atoms with Crippen LogP contribution >= 0.6 is 11.3 Å². The van der Waals surface area contributed by atoms with Crippen molar-refractivity contribution in [3.05, 3.63) is 40.4 Å². The maximum atomic E-state index is 12.6. The van der Waals surface area contributed by atoms with Gasteiger partial charge in [-0.15, -0.1) is 11.3 Å². The topological polar surface area (TPSA) is 95.7 Å². The Kier molecular flexibility index (Phi) is 6.94. The minimum Gasteiger partial charge on any atom is -0.493 e. The summed E-state index contributed by atoms with van der Waals surface area (Å²) in [6.45, 7) is 4.08. The Morgan fingerprint density at radius 2 is 1.90 bits per heavy atom. The van der Waals surface area contributed by atoms with E-state index in [1.807, 2.05) is 25.3 Å². The molecule has 160 valence electrons. The molecule has 2 atom stereocenters. The lowest BCUT2D eigenvalue weighted by Crippen LogP contribution is -2.32. The monoisotopic (exact) mass is 431 g/mol. The van der Waals surface area contributed by atoms with E-state index < -0.39 is 6.04 Å². The molecule has 2 aromatic heterocycles. The van der Waals surface area contributed by atoms with Crippen molar-refractivity contribution in [2.24, 2.45) is 5.92 Å². The van der Waals surface area contributed by atoms with E-state index in [1.165, 1.54) is 11.3 Å². The fraction of sp³-hybridized carbons (Fsp3) is 0.381. The molecule has 0 saturated heterocycles. The minimum absolute atomic E-state index is 0.0992.